The van der Waals surface area contributed by atoms with Gasteiger partial charge in [-0.05, 0) is 31.5 Å². The molecule has 114 valence electrons. The molecule has 0 amide bonds. The normalized spacial score (nSPS) is 16.8. The quantitative estimate of drug-likeness (QED) is 0.863. The van der Waals surface area contributed by atoms with Crippen molar-refractivity contribution in [1.82, 2.24) is 4.90 Å². The van der Waals surface area contributed by atoms with Gasteiger partial charge in [0.25, 0.3) is 0 Å². The molecular weight excluding hydrogens is 266 g/mol. The van der Waals surface area contributed by atoms with Gasteiger partial charge in [-0.3, -0.25) is 4.90 Å². The number of hydrogen-bond donors (Lipinski definition) is 2. The van der Waals surface area contributed by atoms with Gasteiger partial charge in [0.15, 0.2) is 0 Å². The van der Waals surface area contributed by atoms with Gasteiger partial charge < -0.3 is 15.1 Å². The van der Waals surface area contributed by atoms with Gasteiger partial charge in [0.05, 0.1) is 23.5 Å². The minimum absolute atomic E-state index is 0.0473. The van der Waals surface area contributed by atoms with Crippen molar-refractivity contribution >= 4 is 5.69 Å². The summed E-state index contributed by atoms with van der Waals surface area (Å²) in [5, 5.41) is 28.3. The minimum atomic E-state index is -0.678. The molecule has 2 rings (SSSR count). The van der Waals surface area contributed by atoms with Crippen molar-refractivity contribution in [3.63, 3.8) is 0 Å². The minimum Gasteiger partial charge on any atom is -0.392 e. The number of anilines is 1. The van der Waals surface area contributed by atoms with Crippen LogP contribution < -0.4 is 4.90 Å². The fourth-order valence-corrected chi connectivity index (χ4v) is 2.74. The van der Waals surface area contributed by atoms with Crippen LogP contribution in [0.1, 0.15) is 25.0 Å². The molecule has 5 heteroatoms. The number of piperazine rings is 1. The highest BCUT2D eigenvalue weighted by Crippen LogP contribution is 2.23. The third-order valence-corrected chi connectivity index (χ3v) is 3.69. The smallest absolute Gasteiger partial charge is 0.101 e. The van der Waals surface area contributed by atoms with Crippen molar-refractivity contribution in [2.24, 2.45) is 0 Å². The lowest BCUT2D eigenvalue weighted by Crippen LogP contribution is -2.50. The fourth-order valence-electron chi connectivity index (χ4n) is 2.74. The van der Waals surface area contributed by atoms with E-state index in [2.05, 4.69) is 15.9 Å². The molecule has 21 heavy (non-hydrogen) atoms. The predicted molar refractivity (Wildman–Crippen MR) is 82.0 cm³/mol. The monoisotopic (exact) mass is 289 g/mol. The van der Waals surface area contributed by atoms with Gasteiger partial charge in [-0.25, -0.2) is 0 Å². The molecule has 1 aromatic rings. The zero-order valence-electron chi connectivity index (χ0n) is 12.7. The SMILES string of the molecule is CC(C)(O)CN1CCN(c2ccc(CO)cc2C#N)CC1. The predicted octanol–water partition coefficient (Wildman–Crippen LogP) is 0.943. The molecule has 1 heterocycles. The highest BCUT2D eigenvalue weighted by molar-refractivity contribution is 5.60. The van der Waals surface area contributed by atoms with E-state index < -0.39 is 5.60 Å². The second kappa shape index (κ2) is 6.44. The Kier molecular flexibility index (Phi) is 4.84. The van der Waals surface area contributed by atoms with E-state index in [0.717, 1.165) is 37.4 Å². The number of nitriles is 1. The number of aliphatic hydroxyl groups excluding tert-OH is 1. The number of rotatable bonds is 4. The maximum Gasteiger partial charge on any atom is 0.101 e. The molecule has 1 fully saturated rings. The summed E-state index contributed by atoms with van der Waals surface area (Å²) in [5.74, 6) is 0. The van der Waals surface area contributed by atoms with Crippen LogP contribution in [0.3, 0.4) is 0 Å². The molecule has 0 atom stereocenters. The Hall–Kier alpha value is -1.61. The van der Waals surface area contributed by atoms with Crippen molar-refractivity contribution in [1.29, 1.82) is 5.26 Å². The Morgan fingerprint density at radius 1 is 1.24 bits per heavy atom. The Labute approximate surface area is 126 Å². The molecular formula is C16H23N3O2. The van der Waals surface area contributed by atoms with Crippen LogP contribution in [0.25, 0.3) is 0 Å². The molecule has 0 aliphatic carbocycles. The van der Waals surface area contributed by atoms with E-state index >= 15 is 0 Å². The van der Waals surface area contributed by atoms with E-state index in [1.807, 2.05) is 26.0 Å². The second-order valence-electron chi connectivity index (χ2n) is 6.20. The lowest BCUT2D eigenvalue weighted by Gasteiger charge is -2.38. The number of benzene rings is 1. The molecule has 0 radical (unpaired) electrons. The van der Waals surface area contributed by atoms with Gasteiger partial charge in [0, 0.05) is 32.7 Å². The van der Waals surface area contributed by atoms with Crippen LogP contribution in [0.15, 0.2) is 18.2 Å². The number of aliphatic hydroxyl groups is 2. The molecule has 2 N–H and O–H groups in total. The van der Waals surface area contributed by atoms with E-state index in [4.69, 9.17) is 5.11 Å². The van der Waals surface area contributed by atoms with Crippen LogP contribution in [0.4, 0.5) is 5.69 Å². The lowest BCUT2D eigenvalue weighted by atomic mass is 10.1. The Bertz CT molecular complexity index is 523. The molecule has 0 aromatic heterocycles. The highest BCUT2D eigenvalue weighted by Gasteiger charge is 2.23. The molecule has 0 saturated carbocycles. The summed E-state index contributed by atoms with van der Waals surface area (Å²) in [7, 11) is 0. The van der Waals surface area contributed by atoms with Gasteiger partial charge in [-0.2, -0.15) is 5.26 Å². The van der Waals surface area contributed by atoms with Crippen LogP contribution in [0.5, 0.6) is 0 Å². The van der Waals surface area contributed by atoms with Gasteiger partial charge in [0.2, 0.25) is 0 Å². The summed E-state index contributed by atoms with van der Waals surface area (Å²) in [4.78, 5) is 4.44. The van der Waals surface area contributed by atoms with Crippen LogP contribution >= 0.6 is 0 Å². The molecule has 1 aliphatic heterocycles. The third-order valence-electron chi connectivity index (χ3n) is 3.69. The van der Waals surface area contributed by atoms with E-state index in [1.165, 1.54) is 0 Å². The zero-order chi connectivity index (χ0) is 15.5. The summed E-state index contributed by atoms with van der Waals surface area (Å²) >= 11 is 0. The molecule has 0 unspecified atom stereocenters. The van der Waals surface area contributed by atoms with E-state index in [1.54, 1.807) is 6.07 Å². The summed E-state index contributed by atoms with van der Waals surface area (Å²) in [6.45, 7) is 7.67. The Balaban J connectivity index is 2.04. The first-order valence-electron chi connectivity index (χ1n) is 7.26. The standard InChI is InChI=1S/C16H23N3O2/c1-16(2,21)12-18-5-7-19(8-6-18)15-4-3-13(11-20)9-14(15)10-17/h3-4,9,20-21H,5-8,11-12H2,1-2H3. The van der Waals surface area contributed by atoms with Crippen molar-refractivity contribution in [3.8, 4) is 6.07 Å². The first-order valence-corrected chi connectivity index (χ1v) is 7.26. The number of nitrogens with zero attached hydrogens (tertiary/aromatic N) is 3. The number of β-amino-alcohol motifs (C(OH)–C–C–N with tert-alkyl or cyclic N) is 1. The van der Waals surface area contributed by atoms with Crippen LogP contribution in [0, 0.1) is 11.3 Å². The highest BCUT2D eigenvalue weighted by atomic mass is 16.3. The topological polar surface area (TPSA) is 70.7 Å². The molecule has 1 aromatic carbocycles. The molecule has 0 bridgehead atoms. The lowest BCUT2D eigenvalue weighted by molar-refractivity contribution is 0.0345. The van der Waals surface area contributed by atoms with E-state index in [-0.39, 0.29) is 6.61 Å². The molecule has 1 aliphatic rings. The summed E-state index contributed by atoms with van der Waals surface area (Å²) < 4.78 is 0. The second-order valence-corrected chi connectivity index (χ2v) is 6.20. The first kappa shape index (κ1) is 15.8. The molecule has 5 nitrogen and oxygen atoms in total. The van der Waals surface area contributed by atoms with Crippen molar-refractivity contribution in [3.05, 3.63) is 29.3 Å². The van der Waals surface area contributed by atoms with Gasteiger partial charge >= 0.3 is 0 Å². The third kappa shape index (κ3) is 4.18. The maximum atomic E-state index is 9.87. The first-order chi connectivity index (χ1) is 9.93. The zero-order valence-corrected chi connectivity index (χ0v) is 12.7. The van der Waals surface area contributed by atoms with Crippen molar-refractivity contribution in [2.75, 3.05) is 37.6 Å². The average molecular weight is 289 g/mol. The maximum absolute atomic E-state index is 9.87. The molecule has 1 saturated heterocycles. The van der Waals surface area contributed by atoms with Gasteiger partial charge in [-0.1, -0.05) is 6.07 Å². The Morgan fingerprint density at radius 3 is 2.43 bits per heavy atom. The van der Waals surface area contributed by atoms with Crippen molar-refractivity contribution < 1.29 is 10.2 Å². The Morgan fingerprint density at radius 2 is 1.90 bits per heavy atom. The van der Waals surface area contributed by atoms with E-state index in [9.17, 15) is 10.4 Å². The van der Waals surface area contributed by atoms with Gasteiger partial charge in [-0.15, -0.1) is 0 Å². The summed E-state index contributed by atoms with van der Waals surface area (Å²) in [5.41, 5.74) is 1.62. The van der Waals surface area contributed by atoms with Crippen LogP contribution in [-0.4, -0.2) is 53.4 Å². The average Bonchev–Trinajstić information content (AvgIpc) is 2.46. The summed E-state index contributed by atoms with van der Waals surface area (Å²) in [6, 6.07) is 7.73. The number of hydrogen-bond acceptors (Lipinski definition) is 5. The van der Waals surface area contributed by atoms with Crippen molar-refractivity contribution in [2.45, 2.75) is 26.1 Å². The van der Waals surface area contributed by atoms with Crippen LogP contribution in [0.2, 0.25) is 0 Å². The largest absolute Gasteiger partial charge is 0.392 e. The van der Waals surface area contributed by atoms with E-state index in [0.29, 0.717) is 12.1 Å². The fraction of sp³-hybridized carbons (Fsp3) is 0.562. The summed E-state index contributed by atoms with van der Waals surface area (Å²) in [6.07, 6.45) is 0. The van der Waals surface area contributed by atoms with Gasteiger partial charge in [0.1, 0.15) is 6.07 Å². The van der Waals surface area contributed by atoms with Crippen LogP contribution in [-0.2, 0) is 6.61 Å². The molecule has 0 spiro atoms.